The Morgan fingerprint density at radius 3 is 2.85 bits per heavy atom. The summed E-state index contributed by atoms with van der Waals surface area (Å²) in [4.78, 5) is 4.41. The van der Waals surface area contributed by atoms with E-state index in [0.29, 0.717) is 0 Å². The van der Waals surface area contributed by atoms with Gasteiger partial charge in [-0.05, 0) is 18.6 Å². The van der Waals surface area contributed by atoms with Gasteiger partial charge in [-0.15, -0.1) is 0 Å². The second-order valence-corrected chi connectivity index (χ2v) is 5.02. The van der Waals surface area contributed by atoms with E-state index in [0.717, 1.165) is 31.2 Å². The standard InChI is InChI=1S/C17H19N3/c1-13-5-4-6-14(11-13)15-7-2-3-8-16(15)20-12-17-18-9-10-19-17/h2-8,11,20H,9-10,12H2,1H3,(H,18,19). The van der Waals surface area contributed by atoms with E-state index in [2.05, 4.69) is 71.1 Å². The van der Waals surface area contributed by atoms with Crippen LogP contribution in [0, 0.1) is 6.92 Å². The lowest BCUT2D eigenvalue weighted by atomic mass is 10.0. The Morgan fingerprint density at radius 2 is 2.05 bits per heavy atom. The first-order valence-electron chi connectivity index (χ1n) is 7.00. The Balaban J connectivity index is 1.84. The smallest absolute Gasteiger partial charge is 0.116 e. The van der Waals surface area contributed by atoms with Crippen LogP contribution in [-0.2, 0) is 0 Å². The number of para-hydroxylation sites is 1. The number of anilines is 1. The van der Waals surface area contributed by atoms with E-state index in [1.165, 1.54) is 16.7 Å². The van der Waals surface area contributed by atoms with E-state index < -0.39 is 0 Å². The first-order chi connectivity index (χ1) is 9.83. The van der Waals surface area contributed by atoms with Gasteiger partial charge in [0.15, 0.2) is 0 Å². The summed E-state index contributed by atoms with van der Waals surface area (Å²) in [5, 5.41) is 6.76. The van der Waals surface area contributed by atoms with E-state index in [4.69, 9.17) is 0 Å². The number of nitrogens with one attached hydrogen (secondary N) is 2. The van der Waals surface area contributed by atoms with Crippen LogP contribution in [0.25, 0.3) is 11.1 Å². The summed E-state index contributed by atoms with van der Waals surface area (Å²) in [7, 11) is 0. The maximum Gasteiger partial charge on any atom is 0.116 e. The summed E-state index contributed by atoms with van der Waals surface area (Å²) in [6.45, 7) is 4.71. The van der Waals surface area contributed by atoms with Gasteiger partial charge in [0, 0.05) is 17.8 Å². The fraction of sp³-hybridized carbons (Fsp3) is 0.235. The molecule has 0 aromatic heterocycles. The zero-order chi connectivity index (χ0) is 13.8. The average molecular weight is 265 g/mol. The molecule has 2 aromatic rings. The number of amidine groups is 1. The third kappa shape index (κ3) is 2.82. The molecule has 102 valence electrons. The van der Waals surface area contributed by atoms with Crippen LogP contribution in [0.3, 0.4) is 0 Å². The number of aryl methyl sites for hydroxylation is 1. The maximum absolute atomic E-state index is 4.41. The van der Waals surface area contributed by atoms with Gasteiger partial charge in [-0.3, -0.25) is 4.99 Å². The van der Waals surface area contributed by atoms with Gasteiger partial charge in [-0.2, -0.15) is 0 Å². The highest BCUT2D eigenvalue weighted by atomic mass is 15.1. The number of hydrogen-bond donors (Lipinski definition) is 2. The van der Waals surface area contributed by atoms with Crippen LogP contribution < -0.4 is 10.6 Å². The second-order valence-electron chi connectivity index (χ2n) is 5.02. The molecule has 0 bridgehead atoms. The van der Waals surface area contributed by atoms with Crippen molar-refractivity contribution in [2.24, 2.45) is 4.99 Å². The highest BCUT2D eigenvalue weighted by Crippen LogP contribution is 2.28. The van der Waals surface area contributed by atoms with Crippen LogP contribution in [0.5, 0.6) is 0 Å². The van der Waals surface area contributed by atoms with Crippen molar-refractivity contribution < 1.29 is 0 Å². The molecule has 3 heteroatoms. The van der Waals surface area contributed by atoms with Crippen LogP contribution in [-0.4, -0.2) is 25.5 Å². The number of rotatable bonds is 4. The van der Waals surface area contributed by atoms with Crippen molar-refractivity contribution in [2.45, 2.75) is 6.92 Å². The Labute approximate surface area is 119 Å². The molecule has 3 nitrogen and oxygen atoms in total. The van der Waals surface area contributed by atoms with Crippen LogP contribution in [0.4, 0.5) is 5.69 Å². The first-order valence-corrected chi connectivity index (χ1v) is 7.00. The molecule has 1 aliphatic heterocycles. The highest BCUT2D eigenvalue weighted by molar-refractivity contribution is 5.89. The molecule has 2 aromatic carbocycles. The molecule has 0 unspecified atom stereocenters. The van der Waals surface area contributed by atoms with Crippen molar-refractivity contribution in [3.8, 4) is 11.1 Å². The minimum atomic E-state index is 0.753. The molecule has 0 amide bonds. The summed E-state index contributed by atoms with van der Waals surface area (Å²) >= 11 is 0. The Morgan fingerprint density at radius 1 is 1.15 bits per heavy atom. The van der Waals surface area contributed by atoms with Crippen molar-refractivity contribution in [2.75, 3.05) is 25.0 Å². The lowest BCUT2D eigenvalue weighted by Crippen LogP contribution is -2.26. The van der Waals surface area contributed by atoms with Crippen LogP contribution >= 0.6 is 0 Å². The number of aliphatic imine (C=N–C) groups is 1. The van der Waals surface area contributed by atoms with Crippen molar-refractivity contribution >= 4 is 11.5 Å². The Kier molecular flexibility index (Phi) is 3.68. The van der Waals surface area contributed by atoms with E-state index in [1.807, 2.05) is 0 Å². The van der Waals surface area contributed by atoms with Crippen molar-refractivity contribution in [1.29, 1.82) is 0 Å². The van der Waals surface area contributed by atoms with Gasteiger partial charge in [0.2, 0.25) is 0 Å². The Hall–Kier alpha value is -2.29. The third-order valence-electron chi connectivity index (χ3n) is 3.45. The maximum atomic E-state index is 4.41. The van der Waals surface area contributed by atoms with Gasteiger partial charge in [-0.1, -0.05) is 48.0 Å². The van der Waals surface area contributed by atoms with E-state index in [-0.39, 0.29) is 0 Å². The lowest BCUT2D eigenvalue weighted by molar-refractivity contribution is 0.956. The highest BCUT2D eigenvalue weighted by Gasteiger charge is 2.07. The normalized spacial score (nSPS) is 13.8. The summed E-state index contributed by atoms with van der Waals surface area (Å²) < 4.78 is 0. The van der Waals surface area contributed by atoms with Gasteiger partial charge < -0.3 is 10.6 Å². The largest absolute Gasteiger partial charge is 0.377 e. The second kappa shape index (κ2) is 5.78. The molecule has 0 saturated heterocycles. The molecule has 0 saturated carbocycles. The molecule has 1 aliphatic rings. The van der Waals surface area contributed by atoms with Crippen LogP contribution in [0.1, 0.15) is 5.56 Å². The molecule has 0 fully saturated rings. The summed E-state index contributed by atoms with van der Waals surface area (Å²) in [6.07, 6.45) is 0. The predicted molar refractivity (Wildman–Crippen MR) is 85.4 cm³/mol. The SMILES string of the molecule is Cc1cccc(-c2ccccc2NCC2=NCCN2)c1. The van der Waals surface area contributed by atoms with Crippen molar-refractivity contribution in [3.05, 3.63) is 54.1 Å². The van der Waals surface area contributed by atoms with Gasteiger partial charge in [0.05, 0.1) is 13.1 Å². The van der Waals surface area contributed by atoms with Gasteiger partial charge >= 0.3 is 0 Å². The molecule has 0 spiro atoms. The van der Waals surface area contributed by atoms with E-state index >= 15 is 0 Å². The monoisotopic (exact) mass is 265 g/mol. The van der Waals surface area contributed by atoms with Crippen LogP contribution in [0.15, 0.2) is 53.5 Å². The van der Waals surface area contributed by atoms with Crippen molar-refractivity contribution in [3.63, 3.8) is 0 Å². The molecule has 0 radical (unpaired) electrons. The summed E-state index contributed by atoms with van der Waals surface area (Å²) in [5.41, 5.74) is 4.90. The molecule has 0 aliphatic carbocycles. The fourth-order valence-electron chi connectivity index (χ4n) is 2.45. The zero-order valence-electron chi connectivity index (χ0n) is 11.7. The topological polar surface area (TPSA) is 36.4 Å². The minimum absolute atomic E-state index is 0.753. The number of nitrogens with zero attached hydrogens (tertiary/aromatic N) is 1. The van der Waals surface area contributed by atoms with Gasteiger partial charge in [0.25, 0.3) is 0 Å². The molecular formula is C17H19N3. The zero-order valence-corrected chi connectivity index (χ0v) is 11.7. The predicted octanol–water partition coefficient (Wildman–Crippen LogP) is 3.08. The average Bonchev–Trinajstić information content (AvgIpc) is 2.99. The molecule has 3 rings (SSSR count). The molecule has 20 heavy (non-hydrogen) atoms. The van der Waals surface area contributed by atoms with Crippen LogP contribution in [0.2, 0.25) is 0 Å². The van der Waals surface area contributed by atoms with Gasteiger partial charge in [0.1, 0.15) is 5.84 Å². The molecular weight excluding hydrogens is 246 g/mol. The summed E-state index contributed by atoms with van der Waals surface area (Å²) in [5.74, 6) is 1.05. The Bertz CT molecular complexity index is 632. The molecule has 1 heterocycles. The molecule has 0 atom stereocenters. The van der Waals surface area contributed by atoms with Gasteiger partial charge in [-0.25, -0.2) is 0 Å². The quantitative estimate of drug-likeness (QED) is 0.891. The number of benzene rings is 2. The molecule has 2 N–H and O–H groups in total. The number of hydrogen-bond acceptors (Lipinski definition) is 3. The van der Waals surface area contributed by atoms with E-state index in [1.54, 1.807) is 0 Å². The van der Waals surface area contributed by atoms with E-state index in [9.17, 15) is 0 Å². The minimum Gasteiger partial charge on any atom is -0.377 e. The van der Waals surface area contributed by atoms with Crippen molar-refractivity contribution in [1.82, 2.24) is 5.32 Å². The third-order valence-corrected chi connectivity index (χ3v) is 3.45. The lowest BCUT2D eigenvalue weighted by Gasteiger charge is -2.13. The first kappa shape index (κ1) is 12.7. The fourth-order valence-corrected chi connectivity index (χ4v) is 2.45. The summed E-state index contributed by atoms with van der Waals surface area (Å²) in [6, 6.07) is 17.0.